The molecule has 0 unspecified atom stereocenters. The van der Waals surface area contributed by atoms with Gasteiger partial charge in [0.15, 0.2) is 0 Å². The zero-order valence-electron chi connectivity index (χ0n) is 13.1. The molecule has 0 aliphatic heterocycles. The Kier molecular flexibility index (Phi) is 7.43. The lowest BCUT2D eigenvalue weighted by atomic mass is 9.96. The summed E-state index contributed by atoms with van der Waals surface area (Å²) in [5.41, 5.74) is 0.698. The minimum Gasteiger partial charge on any atom is -0.353 e. The SMILES string of the molecule is O=C(CCCNC(=O)c1ccsc1)NC1CCCCCCC1. The monoisotopic (exact) mass is 322 g/mol. The van der Waals surface area contributed by atoms with Crippen LogP contribution >= 0.6 is 11.3 Å². The van der Waals surface area contributed by atoms with E-state index in [2.05, 4.69) is 10.6 Å². The average molecular weight is 322 g/mol. The Morgan fingerprint density at radius 2 is 1.86 bits per heavy atom. The molecular formula is C17H26N2O2S. The van der Waals surface area contributed by atoms with Gasteiger partial charge in [0.1, 0.15) is 0 Å². The molecule has 0 atom stereocenters. The molecule has 1 aromatic rings. The number of hydrogen-bond donors (Lipinski definition) is 2. The van der Waals surface area contributed by atoms with Crippen LogP contribution in [0.3, 0.4) is 0 Å². The number of nitrogens with one attached hydrogen (secondary N) is 2. The Labute approximate surface area is 136 Å². The Morgan fingerprint density at radius 1 is 1.14 bits per heavy atom. The van der Waals surface area contributed by atoms with Gasteiger partial charge < -0.3 is 10.6 Å². The Balaban J connectivity index is 1.58. The van der Waals surface area contributed by atoms with Gasteiger partial charge in [-0.15, -0.1) is 0 Å². The van der Waals surface area contributed by atoms with Crippen LogP contribution in [0.5, 0.6) is 0 Å². The molecule has 1 aliphatic rings. The van der Waals surface area contributed by atoms with Crippen molar-refractivity contribution in [3.8, 4) is 0 Å². The van der Waals surface area contributed by atoms with E-state index in [4.69, 9.17) is 0 Å². The molecule has 1 aromatic heterocycles. The quantitative estimate of drug-likeness (QED) is 0.788. The fourth-order valence-corrected chi connectivity index (χ4v) is 3.48. The first-order chi connectivity index (χ1) is 10.8. The van der Waals surface area contributed by atoms with Crippen molar-refractivity contribution in [1.29, 1.82) is 0 Å². The van der Waals surface area contributed by atoms with Crippen LogP contribution < -0.4 is 10.6 Å². The highest BCUT2D eigenvalue weighted by atomic mass is 32.1. The number of thiophene rings is 1. The highest BCUT2D eigenvalue weighted by Crippen LogP contribution is 2.17. The van der Waals surface area contributed by atoms with Gasteiger partial charge in [0.2, 0.25) is 5.91 Å². The first-order valence-electron chi connectivity index (χ1n) is 8.35. The third-order valence-corrected chi connectivity index (χ3v) is 4.80. The second kappa shape index (κ2) is 9.62. The lowest BCUT2D eigenvalue weighted by molar-refractivity contribution is -0.122. The standard InChI is InChI=1S/C17H26N2O2S/c20-16(19-15-7-4-2-1-3-5-8-15)9-6-11-18-17(21)14-10-12-22-13-14/h10,12-13,15H,1-9,11H2,(H,18,21)(H,19,20). The van der Waals surface area contributed by atoms with Gasteiger partial charge in [-0.1, -0.05) is 32.1 Å². The lowest BCUT2D eigenvalue weighted by Gasteiger charge is -2.21. The molecule has 0 radical (unpaired) electrons. The van der Waals surface area contributed by atoms with E-state index in [0.717, 1.165) is 12.8 Å². The van der Waals surface area contributed by atoms with Crippen molar-refractivity contribution >= 4 is 23.2 Å². The van der Waals surface area contributed by atoms with Crippen LogP contribution in [0.1, 0.15) is 68.1 Å². The molecule has 2 N–H and O–H groups in total. The fourth-order valence-electron chi connectivity index (χ4n) is 2.85. The van der Waals surface area contributed by atoms with E-state index in [0.29, 0.717) is 31.0 Å². The summed E-state index contributed by atoms with van der Waals surface area (Å²) in [6.45, 7) is 0.548. The molecule has 2 rings (SSSR count). The van der Waals surface area contributed by atoms with E-state index in [1.54, 1.807) is 6.07 Å². The minimum atomic E-state index is -0.0540. The first-order valence-corrected chi connectivity index (χ1v) is 9.30. The predicted octanol–water partition coefficient (Wildman–Crippen LogP) is 3.49. The van der Waals surface area contributed by atoms with Crippen molar-refractivity contribution in [3.05, 3.63) is 22.4 Å². The molecule has 5 heteroatoms. The third-order valence-electron chi connectivity index (χ3n) is 4.12. The van der Waals surface area contributed by atoms with Crippen LogP contribution in [0, 0.1) is 0 Å². The molecule has 4 nitrogen and oxygen atoms in total. The van der Waals surface area contributed by atoms with Crippen LogP contribution in [-0.2, 0) is 4.79 Å². The Hall–Kier alpha value is -1.36. The molecule has 0 bridgehead atoms. The maximum atomic E-state index is 12.0. The molecule has 1 aliphatic carbocycles. The van der Waals surface area contributed by atoms with Gasteiger partial charge in [0.25, 0.3) is 5.91 Å². The third kappa shape index (κ3) is 6.18. The molecule has 1 heterocycles. The molecule has 22 heavy (non-hydrogen) atoms. The van der Waals surface area contributed by atoms with Crippen molar-refractivity contribution in [2.24, 2.45) is 0 Å². The second-order valence-electron chi connectivity index (χ2n) is 5.98. The highest BCUT2D eigenvalue weighted by molar-refractivity contribution is 7.08. The summed E-state index contributed by atoms with van der Waals surface area (Å²) < 4.78 is 0. The molecule has 0 saturated heterocycles. The summed E-state index contributed by atoms with van der Waals surface area (Å²) in [6.07, 6.45) is 9.77. The number of amides is 2. The van der Waals surface area contributed by atoms with Crippen molar-refractivity contribution in [1.82, 2.24) is 10.6 Å². The van der Waals surface area contributed by atoms with E-state index < -0.39 is 0 Å². The summed E-state index contributed by atoms with van der Waals surface area (Å²) in [4.78, 5) is 23.7. The normalized spacial score (nSPS) is 16.5. The van der Waals surface area contributed by atoms with Crippen LogP contribution in [0.25, 0.3) is 0 Å². The van der Waals surface area contributed by atoms with Gasteiger partial charge in [0.05, 0.1) is 0 Å². The number of hydrogen-bond acceptors (Lipinski definition) is 3. The van der Waals surface area contributed by atoms with Gasteiger partial charge in [-0.05, 0) is 30.7 Å². The summed E-state index contributed by atoms with van der Waals surface area (Å²) in [6, 6.07) is 2.16. The van der Waals surface area contributed by atoms with Crippen LogP contribution in [0.2, 0.25) is 0 Å². The molecule has 2 amide bonds. The Bertz CT molecular complexity index is 451. The summed E-state index contributed by atoms with van der Waals surface area (Å²) >= 11 is 1.51. The molecular weight excluding hydrogens is 296 g/mol. The van der Waals surface area contributed by atoms with Gasteiger partial charge in [-0.3, -0.25) is 9.59 Å². The molecule has 1 saturated carbocycles. The van der Waals surface area contributed by atoms with E-state index in [9.17, 15) is 9.59 Å². The van der Waals surface area contributed by atoms with Gasteiger partial charge >= 0.3 is 0 Å². The van der Waals surface area contributed by atoms with Crippen molar-refractivity contribution in [2.75, 3.05) is 6.54 Å². The van der Waals surface area contributed by atoms with Gasteiger partial charge in [-0.2, -0.15) is 11.3 Å². The van der Waals surface area contributed by atoms with E-state index in [-0.39, 0.29) is 11.8 Å². The van der Waals surface area contributed by atoms with Crippen LogP contribution in [0.15, 0.2) is 16.8 Å². The van der Waals surface area contributed by atoms with Crippen LogP contribution in [0.4, 0.5) is 0 Å². The Morgan fingerprint density at radius 3 is 2.55 bits per heavy atom. The summed E-state index contributed by atoms with van der Waals surface area (Å²) in [5.74, 6) is 0.0667. The van der Waals surface area contributed by atoms with Crippen molar-refractivity contribution < 1.29 is 9.59 Å². The molecule has 1 fully saturated rings. The van der Waals surface area contributed by atoms with Crippen LogP contribution in [-0.4, -0.2) is 24.4 Å². The lowest BCUT2D eigenvalue weighted by Crippen LogP contribution is -2.35. The zero-order valence-corrected chi connectivity index (χ0v) is 13.9. The number of carbonyl (C=O) groups is 2. The fraction of sp³-hybridized carbons (Fsp3) is 0.647. The zero-order chi connectivity index (χ0) is 15.6. The van der Waals surface area contributed by atoms with Crippen molar-refractivity contribution in [3.63, 3.8) is 0 Å². The predicted molar refractivity (Wildman–Crippen MR) is 90.1 cm³/mol. The second-order valence-corrected chi connectivity index (χ2v) is 6.76. The van der Waals surface area contributed by atoms with E-state index >= 15 is 0 Å². The van der Waals surface area contributed by atoms with Gasteiger partial charge in [-0.25, -0.2) is 0 Å². The molecule has 122 valence electrons. The molecule has 0 spiro atoms. The van der Waals surface area contributed by atoms with Gasteiger partial charge in [0, 0.05) is 30.0 Å². The minimum absolute atomic E-state index is 0.0540. The topological polar surface area (TPSA) is 58.2 Å². The van der Waals surface area contributed by atoms with Crippen molar-refractivity contribution in [2.45, 2.75) is 63.8 Å². The highest BCUT2D eigenvalue weighted by Gasteiger charge is 2.13. The smallest absolute Gasteiger partial charge is 0.252 e. The molecule has 0 aromatic carbocycles. The van der Waals surface area contributed by atoms with E-state index in [1.807, 2.05) is 10.8 Å². The average Bonchev–Trinajstić information content (AvgIpc) is 3.00. The number of rotatable bonds is 6. The summed E-state index contributed by atoms with van der Waals surface area (Å²) in [7, 11) is 0. The maximum Gasteiger partial charge on any atom is 0.252 e. The number of carbonyl (C=O) groups excluding carboxylic acids is 2. The maximum absolute atomic E-state index is 12.0. The first kappa shape index (κ1) is 17.0. The van der Waals surface area contributed by atoms with E-state index in [1.165, 1.54) is 43.4 Å². The largest absolute Gasteiger partial charge is 0.353 e. The summed E-state index contributed by atoms with van der Waals surface area (Å²) in [5, 5.41) is 9.72.